The lowest BCUT2D eigenvalue weighted by atomic mass is 10.1. The van der Waals surface area contributed by atoms with Crippen LogP contribution < -0.4 is 4.74 Å². The van der Waals surface area contributed by atoms with E-state index in [1.54, 1.807) is 17.9 Å². The second kappa shape index (κ2) is 7.31. The lowest BCUT2D eigenvalue weighted by Crippen LogP contribution is -2.29. The average Bonchev–Trinajstić information content (AvgIpc) is 3.19. The van der Waals surface area contributed by atoms with E-state index in [2.05, 4.69) is 20.1 Å². The van der Waals surface area contributed by atoms with Gasteiger partial charge in [-0.1, -0.05) is 16.8 Å². The molecule has 0 bridgehead atoms. The Kier molecular flexibility index (Phi) is 4.84. The number of alkyl halides is 1. The van der Waals surface area contributed by atoms with Crippen LogP contribution in [0.5, 0.6) is 5.88 Å². The molecule has 0 spiro atoms. The van der Waals surface area contributed by atoms with Gasteiger partial charge in [0.15, 0.2) is 18.1 Å². The molecular weight excluding hydrogens is 389 g/mol. The molecule has 28 heavy (non-hydrogen) atoms. The van der Waals surface area contributed by atoms with Gasteiger partial charge in [-0.05, 0) is 13.8 Å². The third kappa shape index (κ3) is 3.37. The predicted octanol–water partition coefficient (Wildman–Crippen LogP) is 2.25. The summed E-state index contributed by atoms with van der Waals surface area (Å²) < 4.78 is 25.5. The normalized spacial score (nSPS) is 22.3. The first-order chi connectivity index (χ1) is 13.4. The second-order valence-corrected chi connectivity index (χ2v) is 6.99. The van der Waals surface area contributed by atoms with E-state index in [1.807, 2.05) is 6.92 Å². The standard InChI is InChI=1S/C18H17ClFN5O3/c1-9-17(10(2)28-24-9)12-3-16(23-8-22-12)27-15-7-25(6-11(15)20)13-4-21-5-14(26)18(13)19/h3-4,8,11,15H,5-7H2,1-2H3/t11-,15-/m0/s1. The number of ether oxygens (including phenoxy) is 1. The second-order valence-electron chi connectivity index (χ2n) is 6.61. The van der Waals surface area contributed by atoms with E-state index in [-0.39, 0.29) is 36.3 Å². The molecule has 146 valence electrons. The maximum atomic E-state index is 14.6. The molecular formula is C18H17ClFN5O3. The SMILES string of the molecule is Cc1noc(C)c1-c1cc(O[C@H]2CN(C3=C(Cl)C(=O)CN=C3)C[C@@H]2F)ncn1. The Morgan fingerprint density at radius 2 is 2.14 bits per heavy atom. The molecule has 0 unspecified atom stereocenters. The molecule has 0 amide bonds. The number of Topliss-reactive ketones (excluding diaryl/α,β-unsaturated/α-hetero) is 1. The predicted molar refractivity (Wildman–Crippen MR) is 99.1 cm³/mol. The zero-order chi connectivity index (χ0) is 19.8. The number of dihydropyridines is 1. The Balaban J connectivity index is 1.52. The van der Waals surface area contributed by atoms with Crippen molar-refractivity contribution in [3.63, 3.8) is 0 Å². The van der Waals surface area contributed by atoms with Crippen LogP contribution in [0.25, 0.3) is 11.3 Å². The Bertz CT molecular complexity index is 970. The highest BCUT2D eigenvalue weighted by Gasteiger charge is 2.37. The molecule has 0 aliphatic carbocycles. The van der Waals surface area contributed by atoms with Crippen molar-refractivity contribution in [2.75, 3.05) is 19.6 Å². The van der Waals surface area contributed by atoms with Crippen LogP contribution in [0.3, 0.4) is 0 Å². The molecule has 0 saturated carbocycles. The number of allylic oxidation sites excluding steroid dienone is 1. The molecule has 2 aromatic rings. The minimum absolute atomic E-state index is 0.0145. The van der Waals surface area contributed by atoms with Gasteiger partial charge in [0.1, 0.15) is 23.7 Å². The van der Waals surface area contributed by atoms with Crippen molar-refractivity contribution in [3.05, 3.63) is 34.6 Å². The van der Waals surface area contributed by atoms with E-state index in [0.717, 1.165) is 5.56 Å². The smallest absolute Gasteiger partial charge is 0.217 e. The fraction of sp³-hybridized carbons (Fsp3) is 0.389. The van der Waals surface area contributed by atoms with Gasteiger partial charge in [0.05, 0.1) is 35.7 Å². The number of carbonyl (C=O) groups is 1. The van der Waals surface area contributed by atoms with E-state index in [9.17, 15) is 9.18 Å². The Morgan fingerprint density at radius 3 is 2.89 bits per heavy atom. The summed E-state index contributed by atoms with van der Waals surface area (Å²) in [6, 6.07) is 1.62. The summed E-state index contributed by atoms with van der Waals surface area (Å²) in [4.78, 5) is 25.7. The highest BCUT2D eigenvalue weighted by molar-refractivity contribution is 6.44. The number of hydrogen-bond donors (Lipinski definition) is 0. The summed E-state index contributed by atoms with van der Waals surface area (Å²) >= 11 is 6.07. The zero-order valence-corrected chi connectivity index (χ0v) is 16.0. The van der Waals surface area contributed by atoms with Gasteiger partial charge in [0.25, 0.3) is 0 Å². The number of aromatic nitrogens is 3. The summed E-state index contributed by atoms with van der Waals surface area (Å²) in [6.07, 6.45) is 0.802. The van der Waals surface area contributed by atoms with Crippen molar-refractivity contribution in [2.45, 2.75) is 26.1 Å². The van der Waals surface area contributed by atoms with Gasteiger partial charge < -0.3 is 14.2 Å². The van der Waals surface area contributed by atoms with Gasteiger partial charge in [-0.15, -0.1) is 0 Å². The van der Waals surface area contributed by atoms with E-state index < -0.39 is 12.3 Å². The van der Waals surface area contributed by atoms with Crippen molar-refractivity contribution in [1.29, 1.82) is 0 Å². The number of hydrogen-bond acceptors (Lipinski definition) is 8. The summed E-state index contributed by atoms with van der Waals surface area (Å²) in [5, 5.41) is 3.99. The number of rotatable bonds is 4. The first-order valence-corrected chi connectivity index (χ1v) is 9.05. The van der Waals surface area contributed by atoms with Crippen LogP contribution in [-0.2, 0) is 4.79 Å². The Labute approximate surface area is 165 Å². The van der Waals surface area contributed by atoms with Crippen molar-refractivity contribution >= 4 is 23.6 Å². The maximum absolute atomic E-state index is 14.6. The minimum Gasteiger partial charge on any atom is -0.469 e. The lowest BCUT2D eigenvalue weighted by Gasteiger charge is -2.21. The van der Waals surface area contributed by atoms with Gasteiger partial charge in [0, 0.05) is 12.3 Å². The molecule has 2 atom stereocenters. The molecule has 1 fully saturated rings. The molecule has 2 aliphatic rings. The van der Waals surface area contributed by atoms with Crippen LogP contribution in [0.4, 0.5) is 4.39 Å². The zero-order valence-electron chi connectivity index (χ0n) is 15.2. The van der Waals surface area contributed by atoms with Crippen molar-refractivity contribution < 1.29 is 18.4 Å². The van der Waals surface area contributed by atoms with Gasteiger partial charge in [-0.3, -0.25) is 9.79 Å². The minimum atomic E-state index is -1.28. The van der Waals surface area contributed by atoms with Crippen LogP contribution in [0.2, 0.25) is 0 Å². The van der Waals surface area contributed by atoms with Crippen LogP contribution in [0.15, 0.2) is 32.6 Å². The summed E-state index contributed by atoms with van der Waals surface area (Å²) in [5.41, 5.74) is 2.46. The highest BCUT2D eigenvalue weighted by Crippen LogP contribution is 2.29. The molecule has 0 aromatic carbocycles. The van der Waals surface area contributed by atoms with Gasteiger partial charge in [-0.25, -0.2) is 14.4 Å². The first-order valence-electron chi connectivity index (χ1n) is 8.67. The molecule has 2 aliphatic heterocycles. The van der Waals surface area contributed by atoms with Crippen LogP contribution in [0.1, 0.15) is 11.5 Å². The summed E-state index contributed by atoms with van der Waals surface area (Å²) in [7, 11) is 0. The number of carbonyl (C=O) groups excluding carboxylic acids is 1. The maximum Gasteiger partial charge on any atom is 0.217 e. The molecule has 2 aromatic heterocycles. The van der Waals surface area contributed by atoms with E-state index in [4.69, 9.17) is 20.9 Å². The van der Waals surface area contributed by atoms with Crippen molar-refractivity contribution in [2.24, 2.45) is 4.99 Å². The number of nitrogens with zero attached hydrogens (tertiary/aromatic N) is 5. The highest BCUT2D eigenvalue weighted by atomic mass is 35.5. The molecule has 4 heterocycles. The number of aryl methyl sites for hydroxylation is 2. The van der Waals surface area contributed by atoms with Crippen LogP contribution in [-0.4, -0.2) is 63.9 Å². The molecule has 1 saturated heterocycles. The number of likely N-dealkylation sites (tertiary alicyclic amines) is 1. The fourth-order valence-electron chi connectivity index (χ4n) is 3.29. The quantitative estimate of drug-likeness (QED) is 0.770. The Hall–Kier alpha value is -2.81. The topological polar surface area (TPSA) is 93.7 Å². The molecule has 4 rings (SSSR count). The summed E-state index contributed by atoms with van der Waals surface area (Å²) in [5.74, 6) is 0.590. The fourth-order valence-corrected chi connectivity index (χ4v) is 3.52. The molecule has 0 radical (unpaired) electrons. The van der Waals surface area contributed by atoms with Gasteiger partial charge in [0.2, 0.25) is 5.88 Å². The number of aliphatic imine (C=N–C) groups is 1. The summed E-state index contributed by atoms with van der Waals surface area (Å²) in [6.45, 7) is 3.88. The van der Waals surface area contributed by atoms with Gasteiger partial charge >= 0.3 is 0 Å². The third-order valence-electron chi connectivity index (χ3n) is 4.66. The lowest BCUT2D eigenvalue weighted by molar-refractivity contribution is -0.113. The largest absolute Gasteiger partial charge is 0.469 e. The van der Waals surface area contributed by atoms with E-state index in [0.29, 0.717) is 22.8 Å². The third-order valence-corrected chi connectivity index (χ3v) is 5.07. The Morgan fingerprint density at radius 1 is 1.32 bits per heavy atom. The monoisotopic (exact) mass is 405 g/mol. The average molecular weight is 406 g/mol. The van der Waals surface area contributed by atoms with Crippen LogP contribution in [0, 0.1) is 13.8 Å². The van der Waals surface area contributed by atoms with Crippen molar-refractivity contribution in [1.82, 2.24) is 20.0 Å². The van der Waals surface area contributed by atoms with E-state index >= 15 is 0 Å². The number of halogens is 2. The van der Waals surface area contributed by atoms with Crippen LogP contribution >= 0.6 is 11.6 Å². The molecule has 8 nitrogen and oxygen atoms in total. The first kappa shape index (κ1) is 18.5. The molecule has 0 N–H and O–H groups in total. The van der Waals surface area contributed by atoms with E-state index in [1.165, 1.54) is 12.5 Å². The molecule has 10 heteroatoms. The van der Waals surface area contributed by atoms with Crippen molar-refractivity contribution in [3.8, 4) is 17.1 Å². The van der Waals surface area contributed by atoms with Gasteiger partial charge in [-0.2, -0.15) is 0 Å². The number of ketones is 1.